The summed E-state index contributed by atoms with van der Waals surface area (Å²) in [6.45, 7) is 7.54. The maximum absolute atomic E-state index is 13.5. The normalized spacial score (nSPS) is 28.5. The summed E-state index contributed by atoms with van der Waals surface area (Å²) in [5, 5.41) is 0. The minimum Gasteiger partial charge on any atom is -0.366 e. The van der Waals surface area contributed by atoms with Gasteiger partial charge in [0.05, 0.1) is 0 Å². The van der Waals surface area contributed by atoms with Crippen LogP contribution in [0.5, 0.6) is 0 Å². The SMILES string of the molecule is CC(N)c1cc(F)ccc1N1CC2CCCN2CC1C. The number of halogens is 1. The predicted octanol–water partition coefficient (Wildman–Crippen LogP) is 2.52. The van der Waals surface area contributed by atoms with E-state index in [-0.39, 0.29) is 11.9 Å². The summed E-state index contributed by atoms with van der Waals surface area (Å²) in [5.41, 5.74) is 8.07. The molecule has 3 unspecified atom stereocenters. The standard InChI is InChI=1S/C16H24FN3/c1-11-9-19-7-3-4-14(19)10-20(11)16-6-5-13(17)8-15(16)12(2)18/h5-6,8,11-12,14H,3-4,7,9-10,18H2,1-2H3. The lowest BCUT2D eigenvalue weighted by atomic mass is 10.0. The van der Waals surface area contributed by atoms with Crippen LogP contribution in [0, 0.1) is 5.82 Å². The van der Waals surface area contributed by atoms with E-state index in [4.69, 9.17) is 5.73 Å². The third-order valence-electron chi connectivity index (χ3n) is 4.73. The summed E-state index contributed by atoms with van der Waals surface area (Å²) in [5.74, 6) is -0.201. The van der Waals surface area contributed by atoms with Crippen molar-refractivity contribution < 1.29 is 4.39 Å². The Morgan fingerprint density at radius 3 is 2.90 bits per heavy atom. The minimum atomic E-state index is -0.201. The number of rotatable bonds is 2. The molecule has 4 heteroatoms. The van der Waals surface area contributed by atoms with Crippen LogP contribution in [0.3, 0.4) is 0 Å². The third kappa shape index (κ3) is 2.42. The molecule has 0 saturated carbocycles. The van der Waals surface area contributed by atoms with E-state index in [0.29, 0.717) is 12.1 Å². The first-order chi connectivity index (χ1) is 9.56. The molecule has 2 aliphatic rings. The molecule has 0 radical (unpaired) electrons. The quantitative estimate of drug-likeness (QED) is 0.901. The number of benzene rings is 1. The molecule has 0 spiro atoms. The van der Waals surface area contributed by atoms with Gasteiger partial charge in [-0.15, -0.1) is 0 Å². The van der Waals surface area contributed by atoms with Crippen LogP contribution in [0.1, 0.15) is 38.3 Å². The van der Waals surface area contributed by atoms with Gasteiger partial charge in [0.15, 0.2) is 0 Å². The van der Waals surface area contributed by atoms with Crippen molar-refractivity contribution in [2.24, 2.45) is 5.73 Å². The van der Waals surface area contributed by atoms with Gasteiger partial charge in [-0.2, -0.15) is 0 Å². The van der Waals surface area contributed by atoms with Crippen LogP contribution in [0.15, 0.2) is 18.2 Å². The van der Waals surface area contributed by atoms with Crippen molar-refractivity contribution in [3.63, 3.8) is 0 Å². The first kappa shape index (κ1) is 13.8. The highest BCUT2D eigenvalue weighted by molar-refractivity contribution is 5.56. The van der Waals surface area contributed by atoms with E-state index in [9.17, 15) is 4.39 Å². The number of fused-ring (bicyclic) bond motifs is 1. The van der Waals surface area contributed by atoms with Crippen molar-refractivity contribution >= 4 is 5.69 Å². The molecule has 0 aliphatic carbocycles. The Labute approximate surface area is 120 Å². The van der Waals surface area contributed by atoms with Gasteiger partial charge in [0, 0.05) is 36.9 Å². The molecule has 2 heterocycles. The summed E-state index contributed by atoms with van der Waals surface area (Å²) < 4.78 is 13.5. The Bertz CT molecular complexity index is 489. The molecule has 0 bridgehead atoms. The Hall–Kier alpha value is -1.13. The third-order valence-corrected chi connectivity index (χ3v) is 4.73. The zero-order valence-electron chi connectivity index (χ0n) is 12.3. The lowest BCUT2D eigenvalue weighted by molar-refractivity contribution is 0.202. The maximum atomic E-state index is 13.5. The second-order valence-corrected chi connectivity index (χ2v) is 6.28. The van der Waals surface area contributed by atoms with E-state index in [0.717, 1.165) is 24.3 Å². The van der Waals surface area contributed by atoms with Gasteiger partial charge in [0.1, 0.15) is 5.82 Å². The average molecular weight is 277 g/mol. The van der Waals surface area contributed by atoms with Crippen LogP contribution in [0.4, 0.5) is 10.1 Å². The van der Waals surface area contributed by atoms with Gasteiger partial charge in [-0.3, -0.25) is 4.90 Å². The van der Waals surface area contributed by atoms with E-state index in [2.05, 4.69) is 16.7 Å². The molecular formula is C16H24FN3. The Kier molecular flexibility index (Phi) is 3.69. The van der Waals surface area contributed by atoms with Gasteiger partial charge < -0.3 is 10.6 Å². The van der Waals surface area contributed by atoms with E-state index in [1.54, 1.807) is 12.1 Å². The van der Waals surface area contributed by atoms with Crippen LogP contribution >= 0.6 is 0 Å². The van der Waals surface area contributed by atoms with E-state index in [1.807, 2.05) is 13.0 Å². The summed E-state index contributed by atoms with van der Waals surface area (Å²) in [4.78, 5) is 5.01. The summed E-state index contributed by atoms with van der Waals surface area (Å²) in [6, 6.07) is 6.00. The summed E-state index contributed by atoms with van der Waals surface area (Å²) in [7, 11) is 0. The topological polar surface area (TPSA) is 32.5 Å². The Morgan fingerprint density at radius 1 is 1.35 bits per heavy atom. The number of piperazine rings is 1. The zero-order chi connectivity index (χ0) is 14.3. The summed E-state index contributed by atoms with van der Waals surface area (Å²) in [6.07, 6.45) is 2.58. The second-order valence-electron chi connectivity index (χ2n) is 6.28. The molecule has 3 atom stereocenters. The molecule has 20 heavy (non-hydrogen) atoms. The van der Waals surface area contributed by atoms with Crippen molar-refractivity contribution in [1.82, 2.24) is 4.90 Å². The first-order valence-corrected chi connectivity index (χ1v) is 7.62. The Balaban J connectivity index is 1.91. The number of hydrogen-bond donors (Lipinski definition) is 1. The molecule has 3 rings (SSSR count). The van der Waals surface area contributed by atoms with Crippen LogP contribution in [0.25, 0.3) is 0 Å². The zero-order valence-corrected chi connectivity index (χ0v) is 12.3. The Morgan fingerprint density at radius 2 is 2.15 bits per heavy atom. The molecule has 2 N–H and O–H groups in total. The van der Waals surface area contributed by atoms with E-state index < -0.39 is 0 Å². The van der Waals surface area contributed by atoms with Gasteiger partial charge >= 0.3 is 0 Å². The molecule has 0 aromatic heterocycles. The lowest BCUT2D eigenvalue weighted by Gasteiger charge is -2.44. The number of nitrogens with two attached hydrogens (primary N) is 1. The summed E-state index contributed by atoms with van der Waals surface area (Å²) >= 11 is 0. The fourth-order valence-electron chi connectivity index (χ4n) is 3.67. The highest BCUT2D eigenvalue weighted by Crippen LogP contribution is 2.33. The molecule has 110 valence electrons. The average Bonchev–Trinajstić information content (AvgIpc) is 2.85. The highest BCUT2D eigenvalue weighted by atomic mass is 19.1. The van der Waals surface area contributed by atoms with E-state index >= 15 is 0 Å². The molecular weight excluding hydrogens is 253 g/mol. The highest BCUT2D eigenvalue weighted by Gasteiger charge is 2.35. The monoisotopic (exact) mass is 277 g/mol. The molecule has 2 fully saturated rings. The van der Waals surface area contributed by atoms with E-state index in [1.165, 1.54) is 19.4 Å². The number of anilines is 1. The fourth-order valence-corrected chi connectivity index (χ4v) is 3.67. The van der Waals surface area contributed by atoms with Crippen LogP contribution in [-0.2, 0) is 0 Å². The van der Waals surface area contributed by atoms with Crippen LogP contribution < -0.4 is 10.6 Å². The molecule has 3 nitrogen and oxygen atoms in total. The minimum absolute atomic E-state index is 0.144. The first-order valence-electron chi connectivity index (χ1n) is 7.62. The van der Waals surface area contributed by atoms with Crippen molar-refractivity contribution in [1.29, 1.82) is 0 Å². The molecule has 1 aromatic rings. The number of hydrogen-bond acceptors (Lipinski definition) is 3. The van der Waals surface area contributed by atoms with Crippen molar-refractivity contribution in [2.75, 3.05) is 24.5 Å². The van der Waals surface area contributed by atoms with Crippen molar-refractivity contribution in [3.05, 3.63) is 29.6 Å². The molecule has 2 aliphatic heterocycles. The van der Waals surface area contributed by atoms with Crippen molar-refractivity contribution in [2.45, 2.75) is 44.8 Å². The van der Waals surface area contributed by atoms with Gasteiger partial charge in [-0.1, -0.05) is 0 Å². The van der Waals surface area contributed by atoms with Gasteiger partial charge in [0.25, 0.3) is 0 Å². The van der Waals surface area contributed by atoms with Gasteiger partial charge in [-0.05, 0) is 57.0 Å². The van der Waals surface area contributed by atoms with Crippen LogP contribution in [0.2, 0.25) is 0 Å². The number of nitrogens with zero attached hydrogens (tertiary/aromatic N) is 2. The maximum Gasteiger partial charge on any atom is 0.123 e. The predicted molar refractivity (Wildman–Crippen MR) is 80.4 cm³/mol. The fraction of sp³-hybridized carbons (Fsp3) is 0.625. The van der Waals surface area contributed by atoms with Gasteiger partial charge in [-0.25, -0.2) is 4.39 Å². The molecule has 1 aromatic carbocycles. The van der Waals surface area contributed by atoms with Gasteiger partial charge in [0.2, 0.25) is 0 Å². The van der Waals surface area contributed by atoms with Crippen LogP contribution in [-0.4, -0.2) is 36.6 Å². The lowest BCUT2D eigenvalue weighted by Crippen LogP contribution is -2.55. The second kappa shape index (κ2) is 5.34. The smallest absolute Gasteiger partial charge is 0.123 e. The largest absolute Gasteiger partial charge is 0.366 e. The van der Waals surface area contributed by atoms with Crippen molar-refractivity contribution in [3.8, 4) is 0 Å². The molecule has 0 amide bonds. The molecule has 2 saturated heterocycles.